The lowest BCUT2D eigenvalue weighted by molar-refractivity contribution is 0.103. The average molecular weight is 345 g/mol. The van der Waals surface area contributed by atoms with Crippen LogP contribution in [0.15, 0.2) is 66.9 Å². The van der Waals surface area contributed by atoms with Crippen molar-refractivity contribution in [2.75, 3.05) is 0 Å². The van der Waals surface area contributed by atoms with Crippen molar-refractivity contribution < 1.29 is 4.79 Å². The number of carbonyl (C=O) groups is 1. The minimum Gasteiger partial charge on any atom is -0.350 e. The smallest absolute Gasteiger partial charge is 0.195 e. The lowest BCUT2D eigenvalue weighted by Crippen LogP contribution is -2.09. The minimum atomic E-state index is 0.130. The number of hydrogen-bond donors (Lipinski definition) is 0. The van der Waals surface area contributed by atoms with Crippen LogP contribution in [0.25, 0.3) is 11.1 Å². The molecular formula is C24H27NO. The largest absolute Gasteiger partial charge is 0.350 e. The number of nitrogens with zero attached hydrogens (tertiary/aromatic N) is 1. The molecule has 0 fully saturated rings. The van der Waals surface area contributed by atoms with E-state index in [9.17, 15) is 4.79 Å². The topological polar surface area (TPSA) is 22.0 Å². The van der Waals surface area contributed by atoms with E-state index in [1.165, 1.54) is 5.69 Å². The fourth-order valence-electron chi connectivity index (χ4n) is 3.47. The van der Waals surface area contributed by atoms with E-state index in [0.29, 0.717) is 0 Å². The molecule has 0 N–H and O–H groups in total. The maximum absolute atomic E-state index is 13.4. The summed E-state index contributed by atoms with van der Waals surface area (Å²) in [5.41, 5.74) is 4.99. The molecule has 0 saturated heterocycles. The predicted molar refractivity (Wildman–Crippen MR) is 109 cm³/mol. The summed E-state index contributed by atoms with van der Waals surface area (Å²) in [5, 5.41) is 0. The molecule has 0 atom stereocenters. The van der Waals surface area contributed by atoms with E-state index in [4.69, 9.17) is 0 Å². The third-order valence-corrected chi connectivity index (χ3v) is 4.77. The summed E-state index contributed by atoms with van der Waals surface area (Å²) < 4.78 is 2.30. The predicted octanol–water partition coefficient (Wildman–Crippen LogP) is 6.14. The molecule has 0 saturated carbocycles. The first kappa shape index (κ1) is 18.2. The number of ketones is 1. The van der Waals surface area contributed by atoms with Gasteiger partial charge in [0, 0.05) is 29.6 Å². The third-order valence-electron chi connectivity index (χ3n) is 4.77. The second-order valence-electron chi connectivity index (χ2n) is 6.72. The molecule has 0 bridgehead atoms. The quantitative estimate of drug-likeness (QED) is 0.450. The summed E-state index contributed by atoms with van der Waals surface area (Å²) >= 11 is 0. The van der Waals surface area contributed by atoms with Gasteiger partial charge in [0.2, 0.25) is 0 Å². The second kappa shape index (κ2) is 8.66. The molecule has 2 nitrogen and oxygen atoms in total. The molecular weight excluding hydrogens is 318 g/mol. The molecule has 1 heterocycles. The number of rotatable bonds is 8. The fourth-order valence-corrected chi connectivity index (χ4v) is 3.47. The van der Waals surface area contributed by atoms with Crippen LogP contribution in [-0.2, 0) is 13.0 Å². The highest BCUT2D eigenvalue weighted by Gasteiger charge is 2.23. The normalized spacial score (nSPS) is 10.8. The van der Waals surface area contributed by atoms with Crippen molar-refractivity contribution in [2.45, 2.75) is 46.1 Å². The van der Waals surface area contributed by atoms with E-state index in [0.717, 1.165) is 54.5 Å². The van der Waals surface area contributed by atoms with Gasteiger partial charge in [-0.05, 0) is 24.8 Å². The van der Waals surface area contributed by atoms with Crippen LogP contribution < -0.4 is 0 Å². The van der Waals surface area contributed by atoms with Crippen LogP contribution in [-0.4, -0.2) is 10.4 Å². The zero-order valence-corrected chi connectivity index (χ0v) is 15.7. The number of unbranched alkanes of at least 4 members (excludes halogenated alkanes) is 1. The summed E-state index contributed by atoms with van der Waals surface area (Å²) in [6.07, 6.45) is 6.40. The Morgan fingerprint density at radius 1 is 0.885 bits per heavy atom. The van der Waals surface area contributed by atoms with E-state index in [-0.39, 0.29) is 5.78 Å². The number of benzene rings is 2. The standard InChI is InChI=1S/C24H27NO/c1-3-5-16-22-23(24(26)20-14-10-7-11-15-20)21(18-25(22)17-4-2)19-12-8-6-9-13-19/h6-15,18H,3-5,16-17H2,1-2H3. The molecule has 2 aromatic carbocycles. The summed E-state index contributed by atoms with van der Waals surface area (Å²) in [6.45, 7) is 5.33. The number of hydrogen-bond acceptors (Lipinski definition) is 1. The van der Waals surface area contributed by atoms with Gasteiger partial charge in [-0.3, -0.25) is 4.79 Å². The van der Waals surface area contributed by atoms with Gasteiger partial charge in [0.1, 0.15) is 0 Å². The third kappa shape index (κ3) is 3.80. The number of carbonyl (C=O) groups excluding carboxylic acids is 1. The molecule has 0 aliphatic carbocycles. The monoisotopic (exact) mass is 345 g/mol. The Labute approximate surface area is 156 Å². The van der Waals surface area contributed by atoms with Crippen LogP contribution in [0.3, 0.4) is 0 Å². The highest BCUT2D eigenvalue weighted by Crippen LogP contribution is 2.31. The Balaban J connectivity index is 2.18. The van der Waals surface area contributed by atoms with Gasteiger partial charge in [0.05, 0.1) is 5.56 Å². The van der Waals surface area contributed by atoms with Gasteiger partial charge in [0.25, 0.3) is 0 Å². The molecule has 26 heavy (non-hydrogen) atoms. The van der Waals surface area contributed by atoms with Gasteiger partial charge in [0.15, 0.2) is 5.78 Å². The zero-order chi connectivity index (χ0) is 18.4. The molecule has 0 spiro atoms. The molecule has 1 aromatic heterocycles. The molecule has 0 amide bonds. The maximum atomic E-state index is 13.4. The number of aromatic nitrogens is 1. The first-order valence-electron chi connectivity index (χ1n) is 9.63. The van der Waals surface area contributed by atoms with Gasteiger partial charge in [-0.2, -0.15) is 0 Å². The van der Waals surface area contributed by atoms with Crippen molar-refractivity contribution in [1.82, 2.24) is 4.57 Å². The SMILES string of the molecule is CCCCc1c(C(=O)c2ccccc2)c(-c2ccccc2)cn1CCC. The minimum absolute atomic E-state index is 0.130. The molecule has 2 heteroatoms. The first-order chi connectivity index (χ1) is 12.8. The van der Waals surface area contributed by atoms with E-state index >= 15 is 0 Å². The van der Waals surface area contributed by atoms with Gasteiger partial charge in [-0.1, -0.05) is 80.9 Å². The Morgan fingerprint density at radius 3 is 2.15 bits per heavy atom. The second-order valence-corrected chi connectivity index (χ2v) is 6.72. The maximum Gasteiger partial charge on any atom is 0.195 e. The van der Waals surface area contributed by atoms with E-state index < -0.39 is 0 Å². The molecule has 134 valence electrons. The zero-order valence-electron chi connectivity index (χ0n) is 15.7. The van der Waals surface area contributed by atoms with Gasteiger partial charge in [-0.15, -0.1) is 0 Å². The summed E-state index contributed by atoms with van der Waals surface area (Å²) in [5.74, 6) is 0.130. The highest BCUT2D eigenvalue weighted by molar-refractivity contribution is 6.13. The van der Waals surface area contributed by atoms with Gasteiger partial charge >= 0.3 is 0 Å². The lowest BCUT2D eigenvalue weighted by Gasteiger charge is -2.11. The summed E-state index contributed by atoms with van der Waals surface area (Å²) in [4.78, 5) is 13.4. The van der Waals surface area contributed by atoms with Crippen molar-refractivity contribution >= 4 is 5.78 Å². The number of aryl methyl sites for hydroxylation is 1. The lowest BCUT2D eigenvalue weighted by atomic mass is 9.94. The van der Waals surface area contributed by atoms with Crippen LogP contribution >= 0.6 is 0 Å². The average Bonchev–Trinajstić information content (AvgIpc) is 3.05. The van der Waals surface area contributed by atoms with Crippen molar-refractivity contribution in [3.05, 3.63) is 83.7 Å². The van der Waals surface area contributed by atoms with Crippen molar-refractivity contribution in [1.29, 1.82) is 0 Å². The van der Waals surface area contributed by atoms with Crippen LogP contribution in [0.4, 0.5) is 0 Å². The molecule has 3 aromatic rings. The van der Waals surface area contributed by atoms with Crippen molar-refractivity contribution in [3.63, 3.8) is 0 Å². The van der Waals surface area contributed by atoms with Crippen LogP contribution in [0.2, 0.25) is 0 Å². The van der Waals surface area contributed by atoms with Crippen LogP contribution in [0.5, 0.6) is 0 Å². The summed E-state index contributed by atoms with van der Waals surface area (Å²) in [7, 11) is 0. The van der Waals surface area contributed by atoms with Gasteiger partial charge in [-0.25, -0.2) is 0 Å². The fraction of sp³-hybridized carbons (Fsp3) is 0.292. The molecule has 3 rings (SSSR count). The van der Waals surface area contributed by atoms with Gasteiger partial charge < -0.3 is 4.57 Å². The first-order valence-corrected chi connectivity index (χ1v) is 9.63. The van der Waals surface area contributed by atoms with E-state index in [1.807, 2.05) is 48.5 Å². The van der Waals surface area contributed by atoms with Crippen molar-refractivity contribution in [3.8, 4) is 11.1 Å². The molecule has 0 unspecified atom stereocenters. The van der Waals surface area contributed by atoms with Crippen LogP contribution in [0.1, 0.15) is 54.7 Å². The molecule has 0 aliphatic rings. The van der Waals surface area contributed by atoms with E-state index in [2.05, 4.69) is 36.7 Å². The highest BCUT2D eigenvalue weighted by atomic mass is 16.1. The Kier molecular flexibility index (Phi) is 6.06. The molecule has 0 aliphatic heterocycles. The Bertz CT molecular complexity index is 847. The van der Waals surface area contributed by atoms with Crippen LogP contribution in [0, 0.1) is 0 Å². The van der Waals surface area contributed by atoms with E-state index in [1.54, 1.807) is 0 Å². The van der Waals surface area contributed by atoms with Crippen molar-refractivity contribution in [2.24, 2.45) is 0 Å². The Morgan fingerprint density at radius 2 is 1.54 bits per heavy atom. The Hall–Kier alpha value is -2.61. The summed E-state index contributed by atoms with van der Waals surface area (Å²) in [6, 6.07) is 19.9. The molecule has 0 radical (unpaired) electrons.